The fraction of sp³-hybridized carbons (Fsp3) is 0.278. The molecule has 0 aliphatic carbocycles. The summed E-state index contributed by atoms with van der Waals surface area (Å²) >= 11 is 0. The highest BCUT2D eigenvalue weighted by atomic mass is 16.6. The first kappa shape index (κ1) is 16.0. The molecule has 0 aromatic heterocycles. The van der Waals surface area contributed by atoms with Crippen molar-refractivity contribution in [3.05, 3.63) is 48.0 Å². The summed E-state index contributed by atoms with van der Waals surface area (Å²) in [6.45, 7) is 1.69. The van der Waals surface area contributed by atoms with Crippen molar-refractivity contribution in [3.63, 3.8) is 0 Å². The Kier molecular flexibility index (Phi) is 5.05. The van der Waals surface area contributed by atoms with Crippen LogP contribution in [0.2, 0.25) is 0 Å². The summed E-state index contributed by atoms with van der Waals surface area (Å²) in [5.41, 5.74) is 0.469. The van der Waals surface area contributed by atoms with Gasteiger partial charge in [0.05, 0.1) is 19.2 Å². The molecule has 0 radical (unpaired) electrons. The Morgan fingerprint density at radius 3 is 2.62 bits per heavy atom. The summed E-state index contributed by atoms with van der Waals surface area (Å²) in [6.07, 6.45) is 0. The molecule has 0 atom stereocenters. The highest BCUT2D eigenvalue weighted by Gasteiger charge is 2.19. The number of ether oxygens (including phenoxy) is 4. The number of nitrogens with one attached hydrogen (secondary N) is 1. The Hall–Kier alpha value is -2.89. The molecule has 6 nitrogen and oxygen atoms in total. The molecule has 2 aromatic carbocycles. The van der Waals surface area contributed by atoms with E-state index < -0.39 is 0 Å². The highest BCUT2D eigenvalue weighted by Crippen LogP contribution is 2.33. The topological polar surface area (TPSA) is 66.0 Å². The van der Waals surface area contributed by atoms with E-state index in [1.807, 2.05) is 24.3 Å². The van der Waals surface area contributed by atoms with Crippen LogP contribution in [0.1, 0.15) is 10.4 Å². The van der Waals surface area contributed by atoms with Gasteiger partial charge in [-0.2, -0.15) is 0 Å². The third-order valence-electron chi connectivity index (χ3n) is 3.53. The van der Waals surface area contributed by atoms with E-state index in [9.17, 15) is 4.79 Å². The fourth-order valence-corrected chi connectivity index (χ4v) is 2.35. The predicted octanol–water partition coefficient (Wildman–Crippen LogP) is 2.28. The molecule has 1 aliphatic heterocycles. The van der Waals surface area contributed by atoms with Gasteiger partial charge in [0.2, 0.25) is 0 Å². The Morgan fingerprint density at radius 1 is 1.08 bits per heavy atom. The number of para-hydroxylation sites is 1. The van der Waals surface area contributed by atoms with Gasteiger partial charge in [0.15, 0.2) is 11.5 Å². The number of carbonyl (C=O) groups is 1. The summed E-state index contributed by atoms with van der Waals surface area (Å²) in [7, 11) is 1.61. The van der Waals surface area contributed by atoms with Crippen molar-refractivity contribution in [2.75, 3.05) is 33.5 Å². The number of hydrogen-bond donors (Lipinski definition) is 1. The monoisotopic (exact) mass is 329 g/mol. The van der Waals surface area contributed by atoms with Gasteiger partial charge in [0.25, 0.3) is 5.91 Å². The van der Waals surface area contributed by atoms with E-state index in [-0.39, 0.29) is 5.91 Å². The minimum atomic E-state index is -0.212. The molecule has 126 valence electrons. The summed E-state index contributed by atoms with van der Waals surface area (Å²) in [5, 5.41) is 2.82. The van der Waals surface area contributed by atoms with Gasteiger partial charge in [0, 0.05) is 0 Å². The second-order valence-electron chi connectivity index (χ2n) is 5.11. The summed E-state index contributed by atoms with van der Waals surface area (Å²) < 4.78 is 21.7. The molecule has 0 spiro atoms. The minimum Gasteiger partial charge on any atom is -0.497 e. The standard InChI is InChI=1S/C18H19NO5/c1-21-13-5-7-14(8-6-13)22-10-9-19-18(20)15-3-2-4-16-17(15)24-12-11-23-16/h2-8H,9-12H2,1H3,(H,19,20). The quantitative estimate of drug-likeness (QED) is 0.824. The normalized spacial score (nSPS) is 12.4. The van der Waals surface area contributed by atoms with Gasteiger partial charge in [-0.25, -0.2) is 0 Å². The van der Waals surface area contributed by atoms with Gasteiger partial charge < -0.3 is 24.3 Å². The Bertz CT molecular complexity index is 699. The lowest BCUT2D eigenvalue weighted by Gasteiger charge is -2.20. The Morgan fingerprint density at radius 2 is 1.83 bits per heavy atom. The van der Waals surface area contributed by atoms with Gasteiger partial charge in [-0.3, -0.25) is 4.79 Å². The second kappa shape index (κ2) is 7.59. The molecule has 24 heavy (non-hydrogen) atoms. The van der Waals surface area contributed by atoms with Crippen LogP contribution >= 0.6 is 0 Å². The van der Waals surface area contributed by atoms with Crippen LogP contribution in [-0.4, -0.2) is 39.4 Å². The van der Waals surface area contributed by atoms with Crippen LogP contribution < -0.4 is 24.3 Å². The molecule has 0 saturated carbocycles. The molecule has 0 bridgehead atoms. The lowest BCUT2D eigenvalue weighted by Crippen LogP contribution is -2.29. The molecule has 0 unspecified atom stereocenters. The van der Waals surface area contributed by atoms with E-state index in [0.29, 0.717) is 43.4 Å². The molecule has 2 aromatic rings. The highest BCUT2D eigenvalue weighted by molar-refractivity contribution is 5.97. The van der Waals surface area contributed by atoms with Gasteiger partial charge in [0.1, 0.15) is 31.3 Å². The maximum Gasteiger partial charge on any atom is 0.255 e. The predicted molar refractivity (Wildman–Crippen MR) is 88.3 cm³/mol. The van der Waals surface area contributed by atoms with Crippen molar-refractivity contribution < 1.29 is 23.7 Å². The molecule has 1 N–H and O–H groups in total. The van der Waals surface area contributed by atoms with Crippen molar-refractivity contribution in [3.8, 4) is 23.0 Å². The molecule has 1 aliphatic rings. The van der Waals surface area contributed by atoms with E-state index in [2.05, 4.69) is 5.32 Å². The second-order valence-corrected chi connectivity index (χ2v) is 5.11. The van der Waals surface area contributed by atoms with E-state index in [1.165, 1.54) is 0 Å². The third-order valence-corrected chi connectivity index (χ3v) is 3.53. The number of hydrogen-bond acceptors (Lipinski definition) is 5. The average Bonchev–Trinajstić information content (AvgIpc) is 2.65. The van der Waals surface area contributed by atoms with Crippen LogP contribution in [0.3, 0.4) is 0 Å². The van der Waals surface area contributed by atoms with E-state index in [1.54, 1.807) is 25.3 Å². The first-order valence-corrected chi connectivity index (χ1v) is 7.71. The number of benzene rings is 2. The van der Waals surface area contributed by atoms with Crippen molar-refractivity contribution in [2.24, 2.45) is 0 Å². The van der Waals surface area contributed by atoms with Crippen LogP contribution in [0.4, 0.5) is 0 Å². The molecule has 1 heterocycles. The minimum absolute atomic E-state index is 0.212. The zero-order valence-electron chi connectivity index (χ0n) is 13.4. The molecular formula is C18H19NO5. The number of methoxy groups -OCH3 is 1. The van der Waals surface area contributed by atoms with Gasteiger partial charge in [-0.05, 0) is 36.4 Å². The van der Waals surface area contributed by atoms with Gasteiger partial charge in [-0.15, -0.1) is 0 Å². The van der Waals surface area contributed by atoms with Crippen molar-refractivity contribution in [2.45, 2.75) is 0 Å². The van der Waals surface area contributed by atoms with Crippen molar-refractivity contribution >= 4 is 5.91 Å². The maximum absolute atomic E-state index is 12.3. The van der Waals surface area contributed by atoms with Crippen molar-refractivity contribution in [1.82, 2.24) is 5.32 Å². The summed E-state index contributed by atoms with van der Waals surface area (Å²) in [5.74, 6) is 2.38. The zero-order valence-corrected chi connectivity index (χ0v) is 13.4. The molecular weight excluding hydrogens is 310 g/mol. The van der Waals surface area contributed by atoms with Crippen molar-refractivity contribution in [1.29, 1.82) is 0 Å². The number of carbonyl (C=O) groups excluding carboxylic acids is 1. The number of fused-ring (bicyclic) bond motifs is 1. The molecule has 1 amide bonds. The molecule has 0 saturated heterocycles. The lowest BCUT2D eigenvalue weighted by molar-refractivity contribution is 0.0936. The van der Waals surface area contributed by atoms with Crippen LogP contribution in [0.25, 0.3) is 0 Å². The zero-order chi connectivity index (χ0) is 16.8. The summed E-state index contributed by atoms with van der Waals surface area (Å²) in [6, 6.07) is 12.6. The smallest absolute Gasteiger partial charge is 0.255 e. The van der Waals surface area contributed by atoms with E-state index in [4.69, 9.17) is 18.9 Å². The number of amides is 1. The maximum atomic E-state index is 12.3. The Labute approximate surface area is 140 Å². The fourth-order valence-electron chi connectivity index (χ4n) is 2.35. The lowest BCUT2D eigenvalue weighted by atomic mass is 10.1. The Balaban J connectivity index is 1.51. The first-order valence-electron chi connectivity index (χ1n) is 7.71. The molecule has 0 fully saturated rings. The SMILES string of the molecule is COc1ccc(OCCNC(=O)c2cccc3c2OCCO3)cc1. The average molecular weight is 329 g/mol. The van der Waals surface area contributed by atoms with E-state index >= 15 is 0 Å². The molecule has 3 rings (SSSR count). The van der Waals surface area contributed by atoms with Gasteiger partial charge >= 0.3 is 0 Å². The summed E-state index contributed by atoms with van der Waals surface area (Å²) in [4.78, 5) is 12.3. The molecule has 6 heteroatoms. The number of rotatable bonds is 6. The van der Waals surface area contributed by atoms with Gasteiger partial charge in [-0.1, -0.05) is 6.07 Å². The van der Waals surface area contributed by atoms with E-state index in [0.717, 1.165) is 11.5 Å². The first-order chi connectivity index (χ1) is 11.8. The van der Waals surface area contributed by atoms with Crippen LogP contribution in [0.15, 0.2) is 42.5 Å². The largest absolute Gasteiger partial charge is 0.497 e. The third kappa shape index (κ3) is 3.71. The van der Waals surface area contributed by atoms with Crippen LogP contribution in [-0.2, 0) is 0 Å². The van der Waals surface area contributed by atoms with Crippen LogP contribution in [0.5, 0.6) is 23.0 Å². The van der Waals surface area contributed by atoms with Crippen LogP contribution in [0, 0.1) is 0 Å².